The number of hydrogen-bond acceptors (Lipinski definition) is 8. The second kappa shape index (κ2) is 8.95. The van der Waals surface area contributed by atoms with E-state index in [0.29, 0.717) is 11.3 Å². The van der Waals surface area contributed by atoms with Crippen LogP contribution in [-0.2, 0) is 11.5 Å². The summed E-state index contributed by atoms with van der Waals surface area (Å²) in [5.41, 5.74) is -0.118. The highest BCUT2D eigenvalue weighted by Crippen LogP contribution is 2.30. The Hall–Kier alpha value is -4.08. The first kappa shape index (κ1) is 20.6. The Morgan fingerprint density at radius 3 is 2.10 bits per heavy atom. The number of hydrogen-bond donors (Lipinski definition) is 4. The standard InChI is InChI=1S/C21H16O9/c22-13-3-8-17(20(24)25)18(9-13)21(26)30-16-6-4-15(5-7-16)29-19-10-14(23)2-1-12(19)11-28-27/h1-10,22-23,27H,11H2,(H,24,25). The SMILES string of the molecule is O=C(O)c1ccc(O)cc1C(=O)Oc1ccc(Oc2cc(O)ccc2COO)cc1. The molecule has 0 radical (unpaired) electrons. The van der Waals surface area contributed by atoms with Gasteiger partial charge in [0.25, 0.3) is 0 Å². The monoisotopic (exact) mass is 412 g/mol. The van der Waals surface area contributed by atoms with Crippen molar-refractivity contribution in [1.29, 1.82) is 0 Å². The Kier molecular flexibility index (Phi) is 6.16. The fourth-order valence-electron chi connectivity index (χ4n) is 2.58. The van der Waals surface area contributed by atoms with E-state index in [2.05, 4.69) is 4.89 Å². The molecular weight excluding hydrogens is 396 g/mol. The third-order valence-electron chi connectivity index (χ3n) is 3.99. The average Bonchev–Trinajstić information content (AvgIpc) is 2.71. The summed E-state index contributed by atoms with van der Waals surface area (Å²) in [6, 6.07) is 13.4. The molecule has 0 fully saturated rings. The van der Waals surface area contributed by atoms with Gasteiger partial charge in [0, 0.05) is 11.6 Å². The lowest BCUT2D eigenvalue weighted by atomic mass is 10.1. The van der Waals surface area contributed by atoms with Gasteiger partial charge < -0.3 is 24.8 Å². The lowest BCUT2D eigenvalue weighted by molar-refractivity contribution is -0.253. The summed E-state index contributed by atoms with van der Waals surface area (Å²) in [4.78, 5) is 27.7. The summed E-state index contributed by atoms with van der Waals surface area (Å²) in [7, 11) is 0. The molecule has 0 saturated carbocycles. The van der Waals surface area contributed by atoms with E-state index in [-0.39, 0.29) is 40.7 Å². The highest BCUT2D eigenvalue weighted by atomic mass is 17.1. The zero-order valence-electron chi connectivity index (χ0n) is 15.3. The van der Waals surface area contributed by atoms with Crippen molar-refractivity contribution in [2.45, 2.75) is 6.61 Å². The van der Waals surface area contributed by atoms with Gasteiger partial charge in [-0.2, -0.15) is 0 Å². The number of carbonyl (C=O) groups excluding carboxylic acids is 1. The lowest BCUT2D eigenvalue weighted by Crippen LogP contribution is -2.14. The molecule has 0 atom stereocenters. The minimum absolute atomic E-state index is 0.0439. The number of carbonyl (C=O) groups is 2. The van der Waals surface area contributed by atoms with Crippen molar-refractivity contribution >= 4 is 11.9 Å². The molecule has 154 valence electrons. The Balaban J connectivity index is 1.76. The summed E-state index contributed by atoms with van der Waals surface area (Å²) < 4.78 is 10.8. The summed E-state index contributed by atoms with van der Waals surface area (Å²) in [6.07, 6.45) is 0. The van der Waals surface area contributed by atoms with Gasteiger partial charge in [-0.3, -0.25) is 5.26 Å². The van der Waals surface area contributed by atoms with Crippen LogP contribution in [0.15, 0.2) is 60.7 Å². The van der Waals surface area contributed by atoms with E-state index in [1.54, 1.807) is 0 Å². The number of phenols is 2. The van der Waals surface area contributed by atoms with Crippen molar-refractivity contribution in [3.8, 4) is 28.7 Å². The molecule has 0 unspecified atom stereocenters. The van der Waals surface area contributed by atoms with Crippen molar-refractivity contribution in [2.24, 2.45) is 0 Å². The molecule has 30 heavy (non-hydrogen) atoms. The number of aromatic hydroxyl groups is 2. The molecule has 3 aromatic carbocycles. The predicted octanol–water partition coefficient (Wildman–Crippen LogP) is 3.80. The number of carboxylic acid groups (broad SMARTS) is 1. The number of carboxylic acids is 1. The molecule has 0 saturated heterocycles. The molecule has 9 heteroatoms. The summed E-state index contributed by atoms with van der Waals surface area (Å²) in [5, 5.41) is 37.0. The van der Waals surface area contributed by atoms with E-state index in [0.717, 1.165) is 18.2 Å². The topological polar surface area (TPSA) is 143 Å². The van der Waals surface area contributed by atoms with Crippen LogP contribution in [0, 0.1) is 0 Å². The van der Waals surface area contributed by atoms with Crippen molar-refractivity contribution in [3.05, 3.63) is 77.4 Å². The van der Waals surface area contributed by atoms with E-state index in [1.165, 1.54) is 42.5 Å². The van der Waals surface area contributed by atoms with Crippen LogP contribution in [0.5, 0.6) is 28.7 Å². The minimum Gasteiger partial charge on any atom is -0.508 e. The fourth-order valence-corrected chi connectivity index (χ4v) is 2.58. The van der Waals surface area contributed by atoms with E-state index in [1.807, 2.05) is 0 Å². The molecular formula is C21H16O9. The smallest absolute Gasteiger partial charge is 0.344 e. The van der Waals surface area contributed by atoms with Crippen LogP contribution in [0.25, 0.3) is 0 Å². The van der Waals surface area contributed by atoms with E-state index in [9.17, 15) is 24.9 Å². The maximum atomic E-state index is 12.3. The molecule has 0 aliphatic heterocycles. The molecule has 4 N–H and O–H groups in total. The van der Waals surface area contributed by atoms with Crippen molar-refractivity contribution in [1.82, 2.24) is 0 Å². The van der Waals surface area contributed by atoms with Crippen LogP contribution in [-0.4, -0.2) is 32.5 Å². The third-order valence-corrected chi connectivity index (χ3v) is 3.99. The third kappa shape index (κ3) is 4.85. The first-order valence-electron chi connectivity index (χ1n) is 8.52. The minimum atomic E-state index is -1.33. The summed E-state index contributed by atoms with van der Waals surface area (Å²) >= 11 is 0. The zero-order valence-corrected chi connectivity index (χ0v) is 15.3. The highest BCUT2D eigenvalue weighted by Gasteiger charge is 2.19. The van der Waals surface area contributed by atoms with E-state index >= 15 is 0 Å². The first-order valence-corrected chi connectivity index (χ1v) is 8.52. The molecule has 0 aromatic heterocycles. The molecule has 0 aliphatic carbocycles. The van der Waals surface area contributed by atoms with Gasteiger partial charge in [-0.05, 0) is 54.6 Å². The van der Waals surface area contributed by atoms with Crippen molar-refractivity contribution in [2.75, 3.05) is 0 Å². The van der Waals surface area contributed by atoms with Gasteiger partial charge in [0.1, 0.15) is 35.4 Å². The molecule has 9 nitrogen and oxygen atoms in total. The summed E-state index contributed by atoms with van der Waals surface area (Å²) in [6.45, 7) is -0.152. The largest absolute Gasteiger partial charge is 0.508 e. The van der Waals surface area contributed by atoms with Crippen LogP contribution in [0.1, 0.15) is 26.3 Å². The quantitative estimate of drug-likeness (QED) is 0.197. The second-order valence-electron chi connectivity index (χ2n) is 6.06. The van der Waals surface area contributed by atoms with Crippen LogP contribution in [0.2, 0.25) is 0 Å². The molecule has 0 spiro atoms. The Labute approximate surface area is 169 Å². The van der Waals surface area contributed by atoms with E-state index < -0.39 is 11.9 Å². The van der Waals surface area contributed by atoms with Crippen LogP contribution in [0.4, 0.5) is 0 Å². The maximum absolute atomic E-state index is 12.3. The van der Waals surface area contributed by atoms with E-state index in [4.69, 9.17) is 14.7 Å². The van der Waals surface area contributed by atoms with Gasteiger partial charge >= 0.3 is 11.9 Å². The normalized spacial score (nSPS) is 10.4. The van der Waals surface area contributed by atoms with Gasteiger partial charge in [0.15, 0.2) is 0 Å². The number of benzene rings is 3. The van der Waals surface area contributed by atoms with Gasteiger partial charge in [0.2, 0.25) is 0 Å². The number of ether oxygens (including phenoxy) is 2. The Bertz CT molecular complexity index is 1070. The van der Waals surface area contributed by atoms with Gasteiger partial charge in [0.05, 0.1) is 11.1 Å². The lowest BCUT2D eigenvalue weighted by Gasteiger charge is -2.11. The fraction of sp³-hybridized carbons (Fsp3) is 0.0476. The zero-order chi connectivity index (χ0) is 21.7. The van der Waals surface area contributed by atoms with Gasteiger partial charge in [-0.1, -0.05) is 0 Å². The molecule has 0 aliphatic rings. The first-order chi connectivity index (χ1) is 14.4. The number of phenolic OH excluding ortho intramolecular Hbond substituents is 2. The Morgan fingerprint density at radius 1 is 0.800 bits per heavy atom. The number of rotatable bonds is 7. The predicted molar refractivity (Wildman–Crippen MR) is 102 cm³/mol. The highest BCUT2D eigenvalue weighted by molar-refractivity contribution is 6.03. The molecule has 3 rings (SSSR count). The molecule has 0 amide bonds. The van der Waals surface area contributed by atoms with Gasteiger partial charge in [-0.25, -0.2) is 14.5 Å². The molecule has 3 aromatic rings. The summed E-state index contributed by atoms with van der Waals surface area (Å²) in [5.74, 6) is -1.90. The second-order valence-corrected chi connectivity index (χ2v) is 6.06. The van der Waals surface area contributed by atoms with Crippen LogP contribution < -0.4 is 9.47 Å². The van der Waals surface area contributed by atoms with Crippen molar-refractivity contribution < 1.29 is 44.5 Å². The van der Waals surface area contributed by atoms with Crippen LogP contribution >= 0.6 is 0 Å². The van der Waals surface area contributed by atoms with Crippen molar-refractivity contribution in [3.63, 3.8) is 0 Å². The average molecular weight is 412 g/mol. The molecule has 0 heterocycles. The Morgan fingerprint density at radius 2 is 1.43 bits per heavy atom. The number of esters is 1. The molecule has 0 bridgehead atoms. The van der Waals surface area contributed by atoms with Crippen LogP contribution in [0.3, 0.4) is 0 Å². The maximum Gasteiger partial charge on any atom is 0.344 e. The van der Waals surface area contributed by atoms with Gasteiger partial charge in [-0.15, -0.1) is 0 Å². The number of aromatic carboxylic acids is 1.